The van der Waals surface area contributed by atoms with Crippen molar-refractivity contribution in [3.63, 3.8) is 0 Å². The predicted octanol–water partition coefficient (Wildman–Crippen LogP) is 2.22. The molecule has 0 saturated carbocycles. The second-order valence-electron chi connectivity index (χ2n) is 2.57. The van der Waals surface area contributed by atoms with Crippen LogP contribution in [0.1, 0.15) is 18.9 Å². The summed E-state index contributed by atoms with van der Waals surface area (Å²) in [5.41, 5.74) is 5.60. The van der Waals surface area contributed by atoms with Gasteiger partial charge in [-0.05, 0) is 53.8 Å². The van der Waals surface area contributed by atoms with Crippen LogP contribution >= 0.6 is 22.6 Å². The maximum absolute atomic E-state index is 9.02. The molecule has 0 amide bonds. The van der Waals surface area contributed by atoms with E-state index >= 15 is 0 Å². The fraction of sp³-hybridized carbons (Fsp3) is 0.300. The number of aromatic hydroxyl groups is 1. The van der Waals surface area contributed by atoms with Gasteiger partial charge in [0.1, 0.15) is 5.75 Å². The van der Waals surface area contributed by atoms with Gasteiger partial charge in [0.15, 0.2) is 0 Å². The lowest BCUT2D eigenvalue weighted by atomic mass is 10.2. The van der Waals surface area contributed by atoms with Crippen molar-refractivity contribution in [2.45, 2.75) is 13.3 Å². The molecule has 0 aliphatic carbocycles. The summed E-state index contributed by atoms with van der Waals surface area (Å²) < 4.78 is 0.705. The van der Waals surface area contributed by atoms with Crippen molar-refractivity contribution in [2.24, 2.45) is 5.73 Å². The highest BCUT2D eigenvalue weighted by molar-refractivity contribution is 14.1. The van der Waals surface area contributed by atoms with E-state index in [1.165, 1.54) is 6.07 Å². The number of nitrogens with two attached hydrogens (primary N) is 1. The van der Waals surface area contributed by atoms with Crippen LogP contribution in [0.3, 0.4) is 0 Å². The van der Waals surface area contributed by atoms with E-state index in [1.54, 1.807) is 12.1 Å². The molecule has 0 bridgehead atoms. The molecule has 4 heteroatoms. The predicted molar refractivity (Wildman–Crippen MR) is 64.9 cm³/mol. The van der Waals surface area contributed by atoms with Gasteiger partial charge in [-0.3, -0.25) is 0 Å². The molecule has 0 saturated heterocycles. The Kier molecular flexibility index (Phi) is 7.16. The van der Waals surface area contributed by atoms with Crippen LogP contribution in [-0.2, 0) is 0 Å². The second-order valence-corrected chi connectivity index (χ2v) is 3.73. The van der Waals surface area contributed by atoms with Gasteiger partial charge in [0.2, 0.25) is 0 Å². The summed E-state index contributed by atoms with van der Waals surface area (Å²) in [6, 6.07) is 6.71. The summed E-state index contributed by atoms with van der Waals surface area (Å²) in [7, 11) is 0. The first-order chi connectivity index (χ1) is 6.65. The molecule has 0 aliphatic heterocycles. The van der Waals surface area contributed by atoms with Crippen LogP contribution in [-0.4, -0.2) is 11.7 Å². The smallest absolute Gasteiger partial charge is 0.128 e. The topological polar surface area (TPSA) is 70.0 Å². The van der Waals surface area contributed by atoms with Crippen molar-refractivity contribution in [3.8, 4) is 11.8 Å². The molecule has 0 aromatic heterocycles. The minimum absolute atomic E-state index is 0.222. The zero-order chi connectivity index (χ0) is 11.0. The lowest BCUT2D eigenvalue weighted by Crippen LogP contribution is -1.93. The maximum Gasteiger partial charge on any atom is 0.128 e. The van der Waals surface area contributed by atoms with Crippen LogP contribution in [0.2, 0.25) is 0 Å². The van der Waals surface area contributed by atoms with Crippen molar-refractivity contribution in [1.82, 2.24) is 0 Å². The minimum Gasteiger partial charge on any atom is -0.507 e. The maximum atomic E-state index is 9.02. The number of nitrogens with zero attached hydrogens (tertiary/aromatic N) is 1. The van der Waals surface area contributed by atoms with Crippen LogP contribution in [0.15, 0.2) is 18.2 Å². The fourth-order valence-corrected chi connectivity index (χ4v) is 1.09. The number of halogens is 1. The first-order valence-electron chi connectivity index (χ1n) is 4.24. The lowest BCUT2D eigenvalue weighted by Gasteiger charge is -1.94. The van der Waals surface area contributed by atoms with Gasteiger partial charge >= 0.3 is 0 Å². The van der Waals surface area contributed by atoms with Crippen LogP contribution in [0, 0.1) is 14.9 Å². The van der Waals surface area contributed by atoms with Crippen molar-refractivity contribution in [1.29, 1.82) is 5.26 Å². The minimum atomic E-state index is 0.222. The quantitative estimate of drug-likeness (QED) is 0.782. The van der Waals surface area contributed by atoms with E-state index in [9.17, 15) is 0 Å². The summed E-state index contributed by atoms with van der Waals surface area (Å²) in [6.07, 6.45) is 1.10. The molecule has 0 fully saturated rings. The Labute approximate surface area is 97.7 Å². The molecule has 1 rings (SSSR count). The summed E-state index contributed by atoms with van der Waals surface area (Å²) >= 11 is 1.97. The number of rotatable bonds is 1. The van der Waals surface area contributed by atoms with Gasteiger partial charge in [-0.2, -0.15) is 5.26 Å². The summed E-state index contributed by atoms with van der Waals surface area (Å²) in [5.74, 6) is 0.222. The van der Waals surface area contributed by atoms with E-state index in [4.69, 9.17) is 16.1 Å². The average molecular weight is 304 g/mol. The molecule has 0 aliphatic rings. The summed E-state index contributed by atoms with van der Waals surface area (Å²) in [5, 5.41) is 17.4. The molecular weight excluding hydrogens is 291 g/mol. The first-order valence-corrected chi connectivity index (χ1v) is 5.32. The van der Waals surface area contributed by atoms with E-state index < -0.39 is 0 Å². The third-order valence-electron chi connectivity index (χ3n) is 1.37. The van der Waals surface area contributed by atoms with Crippen molar-refractivity contribution >= 4 is 22.6 Å². The number of hydrogen-bond acceptors (Lipinski definition) is 3. The average Bonchev–Trinajstić information content (AvgIpc) is 2.22. The Morgan fingerprint density at radius 3 is 2.50 bits per heavy atom. The molecule has 3 N–H and O–H groups in total. The monoisotopic (exact) mass is 304 g/mol. The van der Waals surface area contributed by atoms with Crippen LogP contribution in [0.4, 0.5) is 0 Å². The van der Waals surface area contributed by atoms with E-state index in [0.29, 0.717) is 9.13 Å². The zero-order valence-electron chi connectivity index (χ0n) is 8.00. The van der Waals surface area contributed by atoms with Gasteiger partial charge in [-0.15, -0.1) is 0 Å². The van der Waals surface area contributed by atoms with Gasteiger partial charge in [0, 0.05) is 0 Å². The molecule has 0 atom stereocenters. The van der Waals surface area contributed by atoms with Crippen LogP contribution in [0.5, 0.6) is 5.75 Å². The van der Waals surface area contributed by atoms with E-state index in [0.717, 1.165) is 13.0 Å². The molecule has 0 unspecified atom stereocenters. The zero-order valence-corrected chi connectivity index (χ0v) is 10.2. The third kappa shape index (κ3) is 5.04. The summed E-state index contributed by atoms with van der Waals surface area (Å²) in [4.78, 5) is 0. The standard InChI is InChI=1S/C7H4INO.C3H9N/c8-6-3-5(4-9)1-2-7(6)10;1-2-3-4/h1-3,10H;2-4H2,1H3. The number of phenolic OH excluding ortho intramolecular Hbond substituents is 1. The molecule has 1 aromatic rings. The number of phenols is 1. The Hall–Kier alpha value is -0.800. The number of benzene rings is 1. The van der Waals surface area contributed by atoms with Crippen LogP contribution < -0.4 is 5.73 Å². The highest BCUT2D eigenvalue weighted by Gasteiger charge is 1.96. The Bertz CT molecular complexity index is 318. The van der Waals surface area contributed by atoms with Gasteiger partial charge < -0.3 is 10.8 Å². The Morgan fingerprint density at radius 1 is 1.57 bits per heavy atom. The van der Waals surface area contributed by atoms with E-state index in [-0.39, 0.29) is 5.75 Å². The molecule has 0 radical (unpaired) electrons. The van der Waals surface area contributed by atoms with Gasteiger partial charge in [0.05, 0.1) is 15.2 Å². The number of hydrogen-bond donors (Lipinski definition) is 2. The largest absolute Gasteiger partial charge is 0.507 e. The third-order valence-corrected chi connectivity index (χ3v) is 2.23. The van der Waals surface area contributed by atoms with Gasteiger partial charge in [0.25, 0.3) is 0 Å². The van der Waals surface area contributed by atoms with Gasteiger partial charge in [-0.25, -0.2) is 0 Å². The molecule has 14 heavy (non-hydrogen) atoms. The summed E-state index contributed by atoms with van der Waals surface area (Å²) in [6.45, 7) is 2.88. The van der Waals surface area contributed by atoms with E-state index in [1.807, 2.05) is 28.7 Å². The molecule has 0 spiro atoms. The highest BCUT2D eigenvalue weighted by Crippen LogP contribution is 2.19. The fourth-order valence-electron chi connectivity index (χ4n) is 0.576. The van der Waals surface area contributed by atoms with Crippen molar-refractivity contribution in [2.75, 3.05) is 6.54 Å². The molecular formula is C10H13IN2O. The van der Waals surface area contributed by atoms with Crippen molar-refractivity contribution in [3.05, 3.63) is 27.3 Å². The second kappa shape index (κ2) is 7.59. The molecule has 76 valence electrons. The van der Waals surface area contributed by atoms with E-state index in [2.05, 4.69) is 6.92 Å². The Morgan fingerprint density at radius 2 is 2.14 bits per heavy atom. The van der Waals surface area contributed by atoms with Crippen molar-refractivity contribution < 1.29 is 5.11 Å². The number of nitriles is 1. The highest BCUT2D eigenvalue weighted by atomic mass is 127. The lowest BCUT2D eigenvalue weighted by molar-refractivity contribution is 0.471. The van der Waals surface area contributed by atoms with Gasteiger partial charge in [-0.1, -0.05) is 6.92 Å². The Balaban J connectivity index is 0.000000364. The molecule has 0 heterocycles. The molecule has 3 nitrogen and oxygen atoms in total. The van der Waals surface area contributed by atoms with Crippen LogP contribution in [0.25, 0.3) is 0 Å². The SMILES string of the molecule is CCCN.N#Cc1ccc(O)c(I)c1. The molecule has 1 aromatic carbocycles. The first kappa shape index (κ1) is 13.2. The normalized spacial score (nSPS) is 8.43.